The summed E-state index contributed by atoms with van der Waals surface area (Å²) in [6, 6.07) is 0. The van der Waals surface area contributed by atoms with Crippen LogP contribution in [0.1, 0.15) is 59.3 Å². The van der Waals surface area contributed by atoms with E-state index >= 15 is 0 Å². The van der Waals surface area contributed by atoms with E-state index in [1.807, 2.05) is 20.8 Å². The van der Waals surface area contributed by atoms with E-state index in [1.165, 1.54) is 0 Å². The van der Waals surface area contributed by atoms with Crippen molar-refractivity contribution in [3.63, 3.8) is 0 Å². The summed E-state index contributed by atoms with van der Waals surface area (Å²) in [5.41, 5.74) is -0.374. The van der Waals surface area contributed by atoms with Crippen molar-refractivity contribution >= 4 is 27.8 Å². The summed E-state index contributed by atoms with van der Waals surface area (Å²) >= 11 is 3.31. The van der Waals surface area contributed by atoms with Gasteiger partial charge in [-0.1, -0.05) is 15.9 Å². The molecule has 21 heavy (non-hydrogen) atoms. The van der Waals surface area contributed by atoms with Crippen LogP contribution in [-0.2, 0) is 9.53 Å². The molecule has 0 unspecified atom stereocenters. The van der Waals surface area contributed by atoms with Crippen LogP contribution in [0.5, 0.6) is 0 Å². The van der Waals surface area contributed by atoms with Crippen molar-refractivity contribution in [1.29, 1.82) is 0 Å². The van der Waals surface area contributed by atoms with Gasteiger partial charge in [-0.15, -0.1) is 0 Å². The van der Waals surface area contributed by atoms with Crippen LogP contribution < -0.4 is 5.32 Å². The third kappa shape index (κ3) is 3.79. The summed E-state index contributed by atoms with van der Waals surface area (Å²) in [7, 11) is 0. The predicted octanol–water partition coefficient (Wildman–Crippen LogP) is 3.82. The SMILES string of the molecule is CC(C)(C)OC(=O)NCC12CCC(C(=O)CBr)(CC1)CC2. The molecule has 0 aromatic rings. The van der Waals surface area contributed by atoms with Gasteiger partial charge >= 0.3 is 6.09 Å². The third-order valence-corrected chi connectivity index (χ3v) is 5.63. The third-order valence-electron chi connectivity index (χ3n) is 5.12. The molecular formula is C16H26BrNO3. The predicted molar refractivity (Wildman–Crippen MR) is 85.6 cm³/mol. The molecule has 3 rings (SSSR count). The van der Waals surface area contributed by atoms with Gasteiger partial charge in [0.2, 0.25) is 0 Å². The summed E-state index contributed by atoms with van der Waals surface area (Å²) in [6.45, 7) is 6.27. The number of carbonyl (C=O) groups is 2. The van der Waals surface area contributed by atoms with E-state index in [9.17, 15) is 9.59 Å². The average Bonchev–Trinajstić information content (AvgIpc) is 2.44. The quantitative estimate of drug-likeness (QED) is 0.776. The van der Waals surface area contributed by atoms with Gasteiger partial charge in [0.25, 0.3) is 0 Å². The molecule has 3 saturated carbocycles. The molecule has 0 atom stereocenters. The molecule has 0 saturated heterocycles. The molecule has 0 aromatic heterocycles. The smallest absolute Gasteiger partial charge is 0.407 e. The zero-order valence-corrected chi connectivity index (χ0v) is 14.8. The Labute approximate surface area is 135 Å². The normalized spacial score (nSPS) is 31.8. The van der Waals surface area contributed by atoms with E-state index in [0.29, 0.717) is 17.7 Å². The fourth-order valence-corrected chi connectivity index (χ4v) is 4.26. The number of ether oxygens (including phenoxy) is 1. The number of ketones is 1. The number of Topliss-reactive ketones (excluding diaryl/α,β-unsaturated/α-hetero) is 1. The minimum Gasteiger partial charge on any atom is -0.444 e. The highest BCUT2D eigenvalue weighted by atomic mass is 79.9. The summed E-state index contributed by atoms with van der Waals surface area (Å²) in [6.07, 6.45) is 5.65. The maximum absolute atomic E-state index is 12.1. The molecule has 120 valence electrons. The second kappa shape index (κ2) is 5.90. The van der Waals surface area contributed by atoms with Gasteiger partial charge in [0.15, 0.2) is 0 Å². The van der Waals surface area contributed by atoms with Crippen molar-refractivity contribution in [2.75, 3.05) is 11.9 Å². The molecule has 4 nitrogen and oxygen atoms in total. The lowest BCUT2D eigenvalue weighted by molar-refractivity contribution is -0.135. The molecular weight excluding hydrogens is 334 g/mol. The maximum Gasteiger partial charge on any atom is 0.407 e. The number of halogens is 1. The Hall–Kier alpha value is -0.580. The van der Waals surface area contributed by atoms with Gasteiger partial charge in [0.1, 0.15) is 11.4 Å². The van der Waals surface area contributed by atoms with Crippen LogP contribution in [0, 0.1) is 10.8 Å². The highest BCUT2D eigenvalue weighted by Crippen LogP contribution is 2.57. The second-order valence-corrected chi connectivity index (χ2v) is 8.25. The molecule has 0 spiro atoms. The standard InChI is InChI=1S/C16H26BrNO3/c1-14(2,3)21-13(20)18-11-15-4-7-16(8-5-15,9-6-15)12(19)10-17/h4-11H2,1-3H3,(H,18,20). The van der Waals surface area contributed by atoms with Crippen molar-refractivity contribution < 1.29 is 14.3 Å². The Kier molecular flexibility index (Phi) is 4.72. The van der Waals surface area contributed by atoms with Crippen LogP contribution in [0.2, 0.25) is 0 Å². The van der Waals surface area contributed by atoms with Crippen LogP contribution in [0.25, 0.3) is 0 Å². The van der Waals surface area contributed by atoms with E-state index in [1.54, 1.807) is 0 Å². The van der Waals surface area contributed by atoms with Crippen LogP contribution in [0.3, 0.4) is 0 Å². The van der Waals surface area contributed by atoms with Crippen molar-refractivity contribution in [3.8, 4) is 0 Å². The van der Waals surface area contributed by atoms with E-state index in [0.717, 1.165) is 38.5 Å². The van der Waals surface area contributed by atoms with Crippen molar-refractivity contribution in [2.45, 2.75) is 64.9 Å². The number of rotatable bonds is 4. The second-order valence-electron chi connectivity index (χ2n) is 7.69. The fraction of sp³-hybridized carbons (Fsp3) is 0.875. The largest absolute Gasteiger partial charge is 0.444 e. The van der Waals surface area contributed by atoms with E-state index in [-0.39, 0.29) is 16.9 Å². The molecule has 1 N–H and O–H groups in total. The monoisotopic (exact) mass is 359 g/mol. The minimum absolute atomic E-state index is 0.0861. The lowest BCUT2D eigenvalue weighted by Gasteiger charge is -2.52. The number of amides is 1. The number of nitrogens with one attached hydrogen (secondary N) is 1. The van der Waals surface area contributed by atoms with Crippen molar-refractivity contribution in [2.24, 2.45) is 10.8 Å². The highest BCUT2D eigenvalue weighted by molar-refractivity contribution is 9.09. The van der Waals surface area contributed by atoms with Crippen LogP contribution in [0.15, 0.2) is 0 Å². The number of alkyl halides is 1. The van der Waals surface area contributed by atoms with Crippen molar-refractivity contribution in [1.82, 2.24) is 5.32 Å². The molecule has 3 aliphatic rings. The van der Waals surface area contributed by atoms with Gasteiger partial charge in [0.05, 0.1) is 5.33 Å². The summed E-state index contributed by atoms with van der Waals surface area (Å²) in [4.78, 5) is 23.9. The summed E-state index contributed by atoms with van der Waals surface area (Å²) < 4.78 is 5.30. The number of hydrogen-bond donors (Lipinski definition) is 1. The Bertz CT molecular complexity index is 403. The molecule has 0 aliphatic heterocycles. The average molecular weight is 360 g/mol. The number of fused-ring (bicyclic) bond motifs is 3. The maximum atomic E-state index is 12.1. The zero-order chi connectivity index (χ0) is 15.7. The summed E-state index contributed by atoms with van der Waals surface area (Å²) in [5.74, 6) is 0.357. The fourth-order valence-electron chi connectivity index (χ4n) is 3.66. The van der Waals surface area contributed by atoms with Gasteiger partial charge in [-0.3, -0.25) is 4.79 Å². The van der Waals surface area contributed by atoms with Crippen LogP contribution >= 0.6 is 15.9 Å². The molecule has 1 amide bonds. The lowest BCUT2D eigenvalue weighted by atomic mass is 9.52. The first-order valence-corrected chi connectivity index (χ1v) is 8.89. The molecule has 0 radical (unpaired) electrons. The zero-order valence-electron chi connectivity index (χ0n) is 13.3. The molecule has 5 heteroatoms. The topological polar surface area (TPSA) is 55.4 Å². The van der Waals surface area contributed by atoms with Crippen molar-refractivity contribution in [3.05, 3.63) is 0 Å². The first-order valence-electron chi connectivity index (χ1n) is 7.77. The first kappa shape index (κ1) is 16.8. The Morgan fingerprint density at radius 3 is 2.05 bits per heavy atom. The van der Waals surface area contributed by atoms with Crippen LogP contribution in [0.4, 0.5) is 4.79 Å². The molecule has 3 aliphatic carbocycles. The molecule has 0 heterocycles. The van der Waals surface area contributed by atoms with Gasteiger partial charge in [-0.2, -0.15) is 0 Å². The van der Waals surface area contributed by atoms with E-state index < -0.39 is 5.60 Å². The Morgan fingerprint density at radius 2 is 1.62 bits per heavy atom. The number of carbonyl (C=O) groups excluding carboxylic acids is 2. The van der Waals surface area contributed by atoms with Gasteiger partial charge in [0, 0.05) is 12.0 Å². The lowest BCUT2D eigenvalue weighted by Crippen LogP contribution is -2.51. The molecule has 0 aromatic carbocycles. The Morgan fingerprint density at radius 1 is 1.10 bits per heavy atom. The summed E-state index contributed by atoms with van der Waals surface area (Å²) in [5, 5.41) is 3.39. The molecule has 2 bridgehead atoms. The highest BCUT2D eigenvalue weighted by Gasteiger charge is 2.51. The van der Waals surface area contributed by atoms with E-state index in [4.69, 9.17) is 4.74 Å². The van der Waals surface area contributed by atoms with E-state index in [2.05, 4.69) is 21.2 Å². The van der Waals surface area contributed by atoms with Gasteiger partial charge < -0.3 is 10.1 Å². The minimum atomic E-state index is -0.460. The number of hydrogen-bond acceptors (Lipinski definition) is 3. The van der Waals surface area contributed by atoms with Gasteiger partial charge in [-0.05, 0) is 64.7 Å². The first-order chi connectivity index (χ1) is 9.70. The van der Waals surface area contributed by atoms with Crippen LogP contribution in [-0.4, -0.2) is 29.4 Å². The van der Waals surface area contributed by atoms with Gasteiger partial charge in [-0.25, -0.2) is 4.79 Å². The Balaban J connectivity index is 1.87. The number of alkyl carbamates (subject to hydrolysis) is 1. The molecule has 3 fully saturated rings.